The Labute approximate surface area is 72.2 Å². The second-order valence-corrected chi connectivity index (χ2v) is 4.35. The molecule has 0 bridgehead atoms. The van der Waals surface area contributed by atoms with Crippen molar-refractivity contribution in [3.05, 3.63) is 0 Å². The zero-order chi connectivity index (χ0) is 8.31. The van der Waals surface area contributed by atoms with E-state index in [4.69, 9.17) is 0 Å². The van der Waals surface area contributed by atoms with Gasteiger partial charge in [-0.05, 0) is 0 Å². The molecule has 0 heterocycles. The maximum atomic E-state index is 3.05. The summed E-state index contributed by atoms with van der Waals surface area (Å²) in [6.07, 6.45) is 0. The van der Waals surface area contributed by atoms with E-state index in [9.17, 15) is 0 Å². The molecule has 0 aliphatic carbocycles. The van der Waals surface area contributed by atoms with Crippen molar-refractivity contribution >= 4 is 20.1 Å². The third kappa shape index (κ3) is 2.85. The number of hydrogen-bond acceptors (Lipinski definition) is 1. The van der Waals surface area contributed by atoms with Gasteiger partial charge in [-0.3, -0.25) is 0 Å². The molecule has 0 spiro atoms. The molecule has 0 saturated carbocycles. The summed E-state index contributed by atoms with van der Waals surface area (Å²) in [5.74, 6) is 0. The van der Waals surface area contributed by atoms with Crippen molar-refractivity contribution < 1.29 is 0 Å². The molecule has 0 aromatic rings. The molecule has 0 aromatic carbocycles. The van der Waals surface area contributed by atoms with Gasteiger partial charge in [0.25, 0.3) is 0 Å². The average molecular weight is 206 g/mol. The van der Waals surface area contributed by atoms with E-state index >= 15 is 0 Å². The van der Waals surface area contributed by atoms with Crippen LogP contribution in [0.25, 0.3) is 0 Å². The van der Waals surface area contributed by atoms with Gasteiger partial charge in [-0.15, -0.1) is 0 Å². The zero-order valence-corrected chi connectivity index (χ0v) is 9.22. The van der Waals surface area contributed by atoms with Crippen molar-refractivity contribution in [2.45, 2.75) is 46.7 Å². The molecule has 0 radical (unpaired) electrons. The Kier molecular flexibility index (Phi) is 4.23. The molecule has 0 aliphatic rings. The molecule has 0 fully saturated rings. The van der Waals surface area contributed by atoms with E-state index < -0.39 is 0 Å². The van der Waals surface area contributed by atoms with Gasteiger partial charge in [0, 0.05) is 0 Å². The zero-order valence-electron chi connectivity index (χ0n) is 7.51. The van der Waals surface area contributed by atoms with Gasteiger partial charge in [0.05, 0.1) is 0 Å². The first kappa shape index (κ1) is 10.2. The first-order chi connectivity index (χ1) is 4.46. The number of rotatable bonds is 3. The summed E-state index contributed by atoms with van der Waals surface area (Å²) in [4.78, 5) is 2.36. The Hall–Kier alpha value is 0.189. The van der Waals surface area contributed by atoms with Gasteiger partial charge in [-0.1, -0.05) is 0 Å². The van der Waals surface area contributed by atoms with E-state index in [2.05, 4.69) is 55.1 Å². The quantitative estimate of drug-likeness (QED) is 0.631. The van der Waals surface area contributed by atoms with Gasteiger partial charge >= 0.3 is 71.7 Å². The van der Waals surface area contributed by atoms with Crippen molar-refractivity contribution in [3.8, 4) is 0 Å². The topological polar surface area (TPSA) is 3.24 Å². The summed E-state index contributed by atoms with van der Waals surface area (Å²) in [7, 11) is 0. The van der Waals surface area contributed by atoms with E-state index in [0.29, 0.717) is 12.1 Å². The summed E-state index contributed by atoms with van der Waals surface area (Å²) < 4.78 is 1.28. The molecular weight excluding hydrogens is 189 g/mol. The van der Waals surface area contributed by atoms with Crippen LogP contribution in [0.3, 0.4) is 0 Å². The standard InChI is InChI=1S/C8H17NSe/c1-6(2)9(7(3)4)8(5)10/h6-7H,1-5H3. The van der Waals surface area contributed by atoms with E-state index in [0.717, 1.165) is 0 Å². The summed E-state index contributed by atoms with van der Waals surface area (Å²) in [5.41, 5.74) is 0. The average Bonchev–Trinajstić information content (AvgIpc) is 1.59. The molecule has 10 heavy (non-hydrogen) atoms. The minimum atomic E-state index is 0.598. The third-order valence-electron chi connectivity index (χ3n) is 1.48. The molecule has 0 unspecified atom stereocenters. The first-order valence-electron chi connectivity index (χ1n) is 3.75. The van der Waals surface area contributed by atoms with E-state index in [1.807, 2.05) is 0 Å². The fourth-order valence-corrected chi connectivity index (χ4v) is 2.21. The molecule has 2 heteroatoms. The van der Waals surface area contributed by atoms with Gasteiger partial charge in [0.1, 0.15) is 0 Å². The predicted molar refractivity (Wildman–Crippen MR) is 48.5 cm³/mol. The van der Waals surface area contributed by atoms with Crippen LogP contribution in [0.1, 0.15) is 34.6 Å². The van der Waals surface area contributed by atoms with Gasteiger partial charge < -0.3 is 0 Å². The van der Waals surface area contributed by atoms with Gasteiger partial charge in [-0.2, -0.15) is 0 Å². The van der Waals surface area contributed by atoms with Crippen LogP contribution >= 0.6 is 0 Å². The summed E-state index contributed by atoms with van der Waals surface area (Å²) in [6, 6.07) is 1.20. The molecule has 0 atom stereocenters. The molecule has 0 saturated heterocycles. The Morgan fingerprint density at radius 1 is 1.10 bits per heavy atom. The summed E-state index contributed by atoms with van der Waals surface area (Å²) in [5, 5.41) is 0. The minimum absolute atomic E-state index is 0.598. The fraction of sp³-hybridized carbons (Fsp3) is 0.875. The molecular formula is C8H17NSe. The molecule has 0 aliphatic heterocycles. The second-order valence-electron chi connectivity index (χ2n) is 3.11. The van der Waals surface area contributed by atoms with Crippen LogP contribution in [0.4, 0.5) is 0 Å². The van der Waals surface area contributed by atoms with Crippen molar-refractivity contribution in [2.75, 3.05) is 0 Å². The normalized spacial score (nSPS) is 10.7. The Morgan fingerprint density at radius 3 is 1.40 bits per heavy atom. The molecule has 60 valence electrons. The molecule has 0 amide bonds. The second kappa shape index (κ2) is 4.15. The maximum absolute atomic E-state index is 3.05. The van der Waals surface area contributed by atoms with Gasteiger partial charge in [-0.25, -0.2) is 0 Å². The first-order valence-corrected chi connectivity index (χ1v) is 4.61. The van der Waals surface area contributed by atoms with Crippen LogP contribution in [0, 0.1) is 0 Å². The molecule has 0 rings (SSSR count). The van der Waals surface area contributed by atoms with Crippen LogP contribution in [-0.2, 0) is 0 Å². The van der Waals surface area contributed by atoms with Crippen molar-refractivity contribution in [1.82, 2.24) is 4.90 Å². The third-order valence-corrected chi connectivity index (χ3v) is 1.92. The number of nitrogens with zero attached hydrogens (tertiary/aromatic N) is 1. The van der Waals surface area contributed by atoms with Crippen LogP contribution in [0.5, 0.6) is 0 Å². The Morgan fingerprint density at radius 2 is 1.40 bits per heavy atom. The van der Waals surface area contributed by atoms with Gasteiger partial charge in [0.2, 0.25) is 0 Å². The Balaban J connectivity index is 4.12. The van der Waals surface area contributed by atoms with E-state index in [1.54, 1.807) is 0 Å². The molecule has 0 N–H and O–H groups in total. The monoisotopic (exact) mass is 207 g/mol. The molecule has 0 aromatic heterocycles. The molecule has 1 nitrogen and oxygen atoms in total. The van der Waals surface area contributed by atoms with Crippen LogP contribution in [-0.4, -0.2) is 37.1 Å². The van der Waals surface area contributed by atoms with Crippen LogP contribution in [0.15, 0.2) is 0 Å². The SMILES string of the molecule is CC(=[Se])N(C(C)C)C(C)C. The summed E-state index contributed by atoms with van der Waals surface area (Å²) >= 11 is 3.05. The van der Waals surface area contributed by atoms with Crippen LogP contribution < -0.4 is 0 Å². The van der Waals surface area contributed by atoms with E-state index in [1.165, 1.54) is 4.54 Å². The summed E-state index contributed by atoms with van der Waals surface area (Å²) in [6.45, 7) is 10.9. The van der Waals surface area contributed by atoms with Crippen molar-refractivity contribution in [3.63, 3.8) is 0 Å². The van der Waals surface area contributed by atoms with Crippen LogP contribution in [0.2, 0.25) is 0 Å². The fourth-order valence-electron chi connectivity index (χ4n) is 1.32. The van der Waals surface area contributed by atoms with Crippen molar-refractivity contribution in [1.29, 1.82) is 0 Å². The predicted octanol–water partition coefficient (Wildman–Crippen LogP) is 1.42. The van der Waals surface area contributed by atoms with Gasteiger partial charge in [0.15, 0.2) is 0 Å². The Bertz CT molecular complexity index is 110. The van der Waals surface area contributed by atoms with Crippen molar-refractivity contribution in [2.24, 2.45) is 0 Å². The van der Waals surface area contributed by atoms with E-state index in [-0.39, 0.29) is 0 Å². The number of hydrogen-bond donors (Lipinski definition) is 0.